The maximum atomic E-state index is 4.97. The number of nitrogens with one attached hydrogen (secondary N) is 1. The van der Waals surface area contributed by atoms with Crippen molar-refractivity contribution in [3.05, 3.63) is 35.4 Å². The molecule has 0 saturated heterocycles. The van der Waals surface area contributed by atoms with E-state index in [0.717, 1.165) is 50.0 Å². The van der Waals surface area contributed by atoms with E-state index < -0.39 is 0 Å². The minimum atomic E-state index is 0.292. The van der Waals surface area contributed by atoms with E-state index in [9.17, 15) is 0 Å². The summed E-state index contributed by atoms with van der Waals surface area (Å²) in [6, 6.07) is 8.96. The first kappa shape index (κ1) is 17.1. The van der Waals surface area contributed by atoms with Gasteiger partial charge in [-0.05, 0) is 64.4 Å². The predicted molar refractivity (Wildman–Crippen MR) is 111 cm³/mol. The zero-order valence-corrected chi connectivity index (χ0v) is 16.5. The second-order valence-electron chi connectivity index (χ2n) is 9.03. The Morgan fingerprint density at radius 1 is 1.15 bits per heavy atom. The van der Waals surface area contributed by atoms with E-state index in [1.165, 1.54) is 36.8 Å². The summed E-state index contributed by atoms with van der Waals surface area (Å²) in [4.78, 5) is 16.7. The molecule has 0 unspecified atom stereocenters. The van der Waals surface area contributed by atoms with Gasteiger partial charge < -0.3 is 10.2 Å². The van der Waals surface area contributed by atoms with Crippen LogP contribution in [0.3, 0.4) is 0 Å². The highest BCUT2D eigenvalue weighted by Crippen LogP contribution is 2.53. The number of hydrogen-bond donors (Lipinski definition) is 1. The van der Waals surface area contributed by atoms with Gasteiger partial charge in [-0.3, -0.25) is 9.98 Å². The summed E-state index contributed by atoms with van der Waals surface area (Å²) >= 11 is 0. The molecule has 4 aliphatic rings. The predicted octanol–water partition coefficient (Wildman–Crippen LogP) is 3.00. The van der Waals surface area contributed by atoms with Gasteiger partial charge in [0.15, 0.2) is 0 Å². The van der Waals surface area contributed by atoms with E-state index in [4.69, 9.17) is 9.98 Å². The lowest BCUT2D eigenvalue weighted by Gasteiger charge is -2.26. The van der Waals surface area contributed by atoms with Crippen molar-refractivity contribution < 1.29 is 0 Å². The average molecular weight is 364 g/mol. The molecule has 5 heteroatoms. The van der Waals surface area contributed by atoms with Crippen molar-refractivity contribution in [3.8, 4) is 0 Å². The lowest BCUT2D eigenvalue weighted by atomic mass is 9.89. The summed E-state index contributed by atoms with van der Waals surface area (Å²) in [5.41, 5.74) is 3.23. The Hall–Kier alpha value is -2.01. The zero-order valence-electron chi connectivity index (χ0n) is 16.5. The molecule has 5 rings (SSSR count). The number of amidine groups is 3. The quantitative estimate of drug-likeness (QED) is 0.836. The Bertz CT molecular complexity index is 840. The lowest BCUT2D eigenvalue weighted by molar-refractivity contribution is 0.403. The molecular weight excluding hydrogens is 334 g/mol. The molecule has 27 heavy (non-hydrogen) atoms. The van der Waals surface area contributed by atoms with Gasteiger partial charge in [-0.1, -0.05) is 18.2 Å². The first-order valence-corrected chi connectivity index (χ1v) is 10.3. The van der Waals surface area contributed by atoms with Crippen molar-refractivity contribution >= 4 is 17.5 Å². The molecular formula is C22H29N5. The van der Waals surface area contributed by atoms with Crippen LogP contribution in [-0.2, 0) is 5.41 Å². The summed E-state index contributed by atoms with van der Waals surface area (Å²) < 4.78 is 0. The van der Waals surface area contributed by atoms with Gasteiger partial charge in [0, 0.05) is 29.4 Å². The monoisotopic (exact) mass is 363 g/mol. The van der Waals surface area contributed by atoms with E-state index >= 15 is 0 Å². The first-order valence-electron chi connectivity index (χ1n) is 10.3. The smallest absolute Gasteiger partial charge is 0.140 e. The number of hydrogen-bond acceptors (Lipinski definition) is 4. The summed E-state index contributed by atoms with van der Waals surface area (Å²) in [7, 11) is 4.23. The molecule has 5 nitrogen and oxygen atoms in total. The van der Waals surface area contributed by atoms with Crippen LogP contribution in [0.25, 0.3) is 0 Å². The van der Waals surface area contributed by atoms with Crippen molar-refractivity contribution in [2.75, 3.05) is 33.7 Å². The fraction of sp³-hybridized carbons (Fsp3) is 0.591. The molecule has 2 aliphatic heterocycles. The third-order valence-corrected chi connectivity index (χ3v) is 6.51. The Balaban J connectivity index is 1.45. The van der Waals surface area contributed by atoms with Crippen LogP contribution in [0.4, 0.5) is 0 Å². The fourth-order valence-electron chi connectivity index (χ4n) is 4.24. The molecule has 2 bridgehead atoms. The van der Waals surface area contributed by atoms with E-state index in [1.54, 1.807) is 0 Å². The molecule has 142 valence electrons. The highest BCUT2D eigenvalue weighted by atomic mass is 15.1. The summed E-state index contributed by atoms with van der Waals surface area (Å²) in [5, 5.41) is 3.62. The van der Waals surface area contributed by atoms with Crippen molar-refractivity contribution in [3.63, 3.8) is 0 Å². The molecule has 1 aromatic carbocycles. The van der Waals surface area contributed by atoms with Gasteiger partial charge in [0.25, 0.3) is 0 Å². The zero-order chi connectivity index (χ0) is 18.5. The molecule has 2 spiro atoms. The van der Waals surface area contributed by atoms with Gasteiger partial charge in [0.1, 0.15) is 17.5 Å². The van der Waals surface area contributed by atoms with Crippen molar-refractivity contribution in [1.29, 1.82) is 0 Å². The molecule has 0 amide bonds. The van der Waals surface area contributed by atoms with E-state index in [1.807, 2.05) is 0 Å². The second-order valence-corrected chi connectivity index (χ2v) is 9.03. The van der Waals surface area contributed by atoms with Crippen LogP contribution in [0.5, 0.6) is 0 Å². The summed E-state index contributed by atoms with van der Waals surface area (Å²) in [6.07, 6.45) is 7.09. The highest BCUT2D eigenvalue weighted by molar-refractivity contribution is 6.16. The third-order valence-electron chi connectivity index (χ3n) is 6.51. The van der Waals surface area contributed by atoms with Gasteiger partial charge in [-0.2, -0.15) is 0 Å². The van der Waals surface area contributed by atoms with E-state index in [0.29, 0.717) is 10.8 Å². The topological polar surface area (TPSA) is 52.4 Å². The number of aliphatic imine (C=N–C) groups is 3. The van der Waals surface area contributed by atoms with Crippen molar-refractivity contribution in [1.82, 2.24) is 10.2 Å². The average Bonchev–Trinajstić information content (AvgIpc) is 3.54. The number of benzene rings is 1. The van der Waals surface area contributed by atoms with Crippen LogP contribution in [0, 0.1) is 5.41 Å². The normalized spacial score (nSPS) is 26.6. The maximum absolute atomic E-state index is 4.97. The minimum Gasteiger partial charge on any atom is -0.328 e. The molecule has 0 aromatic heterocycles. The molecule has 2 fully saturated rings. The number of fused-ring (bicyclic) bond motifs is 3. The lowest BCUT2D eigenvalue weighted by Crippen LogP contribution is -2.38. The van der Waals surface area contributed by atoms with Crippen LogP contribution in [0.1, 0.15) is 49.7 Å². The van der Waals surface area contributed by atoms with Gasteiger partial charge in [-0.15, -0.1) is 0 Å². The molecule has 2 saturated carbocycles. The third kappa shape index (κ3) is 3.22. The van der Waals surface area contributed by atoms with Crippen LogP contribution >= 0.6 is 0 Å². The largest absolute Gasteiger partial charge is 0.328 e. The highest BCUT2D eigenvalue weighted by Gasteiger charge is 2.53. The molecule has 0 atom stereocenters. The molecule has 0 radical (unpaired) electrons. The van der Waals surface area contributed by atoms with Crippen LogP contribution in [0.2, 0.25) is 0 Å². The Kier molecular flexibility index (Phi) is 3.97. The van der Waals surface area contributed by atoms with E-state index in [2.05, 4.69) is 53.6 Å². The molecule has 1 N–H and O–H groups in total. The molecule has 2 heterocycles. The first-order chi connectivity index (χ1) is 13.1. The second kappa shape index (κ2) is 6.26. The van der Waals surface area contributed by atoms with Gasteiger partial charge in [0.2, 0.25) is 0 Å². The number of rotatable bonds is 4. The molecule has 2 aliphatic carbocycles. The van der Waals surface area contributed by atoms with Crippen molar-refractivity contribution in [2.45, 2.75) is 43.9 Å². The minimum absolute atomic E-state index is 0.292. The maximum Gasteiger partial charge on any atom is 0.140 e. The number of nitrogens with zero attached hydrogens (tertiary/aromatic N) is 4. The van der Waals surface area contributed by atoms with Gasteiger partial charge in [0.05, 0.1) is 6.54 Å². The summed E-state index contributed by atoms with van der Waals surface area (Å²) in [6.45, 7) is 2.90. The Morgan fingerprint density at radius 3 is 2.63 bits per heavy atom. The summed E-state index contributed by atoms with van der Waals surface area (Å²) in [5.74, 6) is 3.08. The Morgan fingerprint density at radius 2 is 1.96 bits per heavy atom. The SMILES string of the molecule is CN(C)CCCN=C1CC2(CC2)c2cccc(c2)C(=NC2=NCC23CC3)N1. The van der Waals surface area contributed by atoms with Crippen LogP contribution in [-0.4, -0.2) is 56.1 Å². The fourth-order valence-corrected chi connectivity index (χ4v) is 4.24. The van der Waals surface area contributed by atoms with E-state index in [-0.39, 0.29) is 0 Å². The van der Waals surface area contributed by atoms with Crippen LogP contribution in [0.15, 0.2) is 39.2 Å². The Labute approximate surface area is 161 Å². The van der Waals surface area contributed by atoms with Crippen LogP contribution < -0.4 is 5.32 Å². The van der Waals surface area contributed by atoms with Crippen molar-refractivity contribution in [2.24, 2.45) is 20.4 Å². The standard InChI is InChI=1S/C22H29N5/c1-27(2)12-4-11-23-18-14-21(7-8-21)17-6-3-5-16(13-17)19(25-18)26-20-22(9-10-22)15-24-20/h3,5-6,13H,4,7-12,14-15H2,1-2H3,(H,23,24,25,26). The van der Waals surface area contributed by atoms with Gasteiger partial charge >= 0.3 is 0 Å². The van der Waals surface area contributed by atoms with Gasteiger partial charge in [-0.25, -0.2) is 4.99 Å². The molecule has 1 aromatic rings.